The number of carbonyl (C=O) groups excluding carboxylic acids is 1. The monoisotopic (exact) mass is 250 g/mol. The molecule has 4 nitrogen and oxygen atoms in total. The Morgan fingerprint density at radius 3 is 2.06 bits per heavy atom. The van der Waals surface area contributed by atoms with E-state index in [2.05, 4.69) is 13.8 Å². The van der Waals surface area contributed by atoms with Crippen LogP contribution in [0.25, 0.3) is 0 Å². The predicted molar refractivity (Wildman–Crippen MR) is 64.7 cm³/mol. The van der Waals surface area contributed by atoms with Gasteiger partial charge in [0.1, 0.15) is 11.9 Å². The van der Waals surface area contributed by atoms with Crippen molar-refractivity contribution in [3.05, 3.63) is 0 Å². The van der Waals surface area contributed by atoms with Gasteiger partial charge in [0.2, 0.25) is 0 Å². The van der Waals surface area contributed by atoms with E-state index in [9.17, 15) is 9.36 Å². The van der Waals surface area contributed by atoms with Crippen LogP contribution in [0, 0.1) is 11.8 Å². The van der Waals surface area contributed by atoms with Gasteiger partial charge in [0, 0.05) is 20.6 Å². The zero-order valence-corrected chi connectivity index (χ0v) is 11.8. The first-order valence-corrected chi connectivity index (χ1v) is 7.28. The lowest BCUT2D eigenvalue weighted by Gasteiger charge is -2.15. The third kappa shape index (κ3) is 6.41. The van der Waals surface area contributed by atoms with Gasteiger partial charge in [-0.15, -0.1) is 0 Å². The molecule has 0 radical (unpaired) electrons. The zero-order valence-electron chi connectivity index (χ0n) is 10.9. The van der Waals surface area contributed by atoms with E-state index in [1.165, 1.54) is 14.2 Å². The smallest absolute Gasteiger partial charge is 0.312 e. The van der Waals surface area contributed by atoms with Crippen LogP contribution in [0.4, 0.5) is 0 Å². The average molecular weight is 250 g/mol. The maximum absolute atomic E-state index is 11.7. The maximum Gasteiger partial charge on any atom is 0.337 e. The molecule has 96 valence electrons. The summed E-state index contributed by atoms with van der Waals surface area (Å²) in [6, 6.07) is 0. The molecule has 0 aromatic carbocycles. The Morgan fingerprint density at radius 1 is 1.19 bits per heavy atom. The number of Topliss-reactive ketones (excluding diaryl/α,β-unsaturated/α-hetero) is 1. The fourth-order valence-electron chi connectivity index (χ4n) is 1.76. The minimum absolute atomic E-state index is 0.0554. The van der Waals surface area contributed by atoms with Crippen LogP contribution in [-0.4, -0.2) is 26.2 Å². The van der Waals surface area contributed by atoms with Gasteiger partial charge in [0.05, 0.1) is 0 Å². The fourth-order valence-corrected chi connectivity index (χ4v) is 2.73. The zero-order chi connectivity index (χ0) is 12.8. The Hall–Kier alpha value is -0.180. The molecule has 0 aliphatic rings. The van der Waals surface area contributed by atoms with Crippen molar-refractivity contribution < 1.29 is 18.4 Å². The van der Waals surface area contributed by atoms with E-state index in [1.807, 2.05) is 6.92 Å². The average Bonchev–Trinajstić information content (AvgIpc) is 2.15. The Kier molecular flexibility index (Phi) is 7.12. The topological polar surface area (TPSA) is 52.6 Å². The Morgan fingerprint density at radius 2 is 1.69 bits per heavy atom. The summed E-state index contributed by atoms with van der Waals surface area (Å²) in [5, 5.41) is 0. The van der Waals surface area contributed by atoms with Gasteiger partial charge in [0.25, 0.3) is 0 Å². The summed E-state index contributed by atoms with van der Waals surface area (Å²) in [5.74, 6) is 0.828. The van der Waals surface area contributed by atoms with Gasteiger partial charge in [-0.05, 0) is 18.3 Å². The molecule has 0 aliphatic heterocycles. The molecular formula is C11H23O4P. The molecule has 0 aromatic rings. The highest BCUT2D eigenvalue weighted by atomic mass is 31.2. The van der Waals surface area contributed by atoms with Crippen molar-refractivity contribution in [1.82, 2.24) is 0 Å². The highest BCUT2D eigenvalue weighted by molar-refractivity contribution is 7.54. The molecule has 0 N–H and O–H groups in total. The van der Waals surface area contributed by atoms with E-state index in [4.69, 9.17) is 9.05 Å². The quantitative estimate of drug-likeness (QED) is 0.621. The number of hydrogen-bond acceptors (Lipinski definition) is 4. The molecule has 0 aromatic heterocycles. The number of ketones is 1. The third-order valence-corrected chi connectivity index (χ3v) is 4.23. The molecule has 0 aliphatic carbocycles. The minimum atomic E-state index is -3.18. The molecule has 0 bridgehead atoms. The second kappa shape index (κ2) is 7.21. The van der Waals surface area contributed by atoms with Gasteiger partial charge in [-0.3, -0.25) is 9.36 Å². The van der Waals surface area contributed by atoms with E-state index >= 15 is 0 Å². The van der Waals surface area contributed by atoms with Gasteiger partial charge in [-0.2, -0.15) is 0 Å². The van der Waals surface area contributed by atoms with Crippen LogP contribution < -0.4 is 0 Å². The van der Waals surface area contributed by atoms with Crippen LogP contribution in [0.15, 0.2) is 0 Å². The van der Waals surface area contributed by atoms with Gasteiger partial charge in [0.15, 0.2) is 0 Å². The lowest BCUT2D eigenvalue weighted by Crippen LogP contribution is -2.13. The summed E-state index contributed by atoms with van der Waals surface area (Å²) in [4.78, 5) is 11.6. The summed E-state index contributed by atoms with van der Waals surface area (Å²) in [6.07, 6.45) is 1.31. The predicted octanol–water partition coefficient (Wildman–Crippen LogP) is 3.11. The molecule has 0 heterocycles. The molecule has 0 saturated heterocycles. The Labute approximate surface area is 98.2 Å². The molecular weight excluding hydrogens is 227 g/mol. The van der Waals surface area contributed by atoms with Crippen molar-refractivity contribution in [3.63, 3.8) is 0 Å². The van der Waals surface area contributed by atoms with Crippen LogP contribution in [0.3, 0.4) is 0 Å². The summed E-state index contributed by atoms with van der Waals surface area (Å²) in [6.45, 7) is 6.27. The number of carbonyl (C=O) groups is 1. The maximum atomic E-state index is 11.7. The van der Waals surface area contributed by atoms with Crippen LogP contribution in [0.2, 0.25) is 0 Å². The molecule has 0 amide bonds. The molecule has 0 rings (SSSR count). The Bertz CT molecular complexity index is 255. The largest absolute Gasteiger partial charge is 0.337 e. The second-order valence-corrected chi connectivity index (χ2v) is 6.88. The van der Waals surface area contributed by atoms with Crippen LogP contribution >= 0.6 is 7.60 Å². The molecule has 16 heavy (non-hydrogen) atoms. The normalized spacial score (nSPS) is 14.1. The minimum Gasteiger partial charge on any atom is -0.312 e. The van der Waals surface area contributed by atoms with Crippen molar-refractivity contribution in [1.29, 1.82) is 0 Å². The lowest BCUT2D eigenvalue weighted by atomic mass is 9.95. The van der Waals surface area contributed by atoms with E-state index in [-0.39, 0.29) is 11.9 Å². The van der Waals surface area contributed by atoms with Gasteiger partial charge < -0.3 is 9.05 Å². The van der Waals surface area contributed by atoms with Crippen LogP contribution in [-0.2, 0) is 18.4 Å². The SMILES string of the molecule is COP(=O)(CC(=O)CC(C)CC(C)C)OC. The van der Waals surface area contributed by atoms with Gasteiger partial charge in [-0.1, -0.05) is 20.8 Å². The van der Waals surface area contributed by atoms with E-state index < -0.39 is 7.60 Å². The first-order valence-electron chi connectivity index (χ1n) is 5.55. The van der Waals surface area contributed by atoms with Crippen molar-refractivity contribution >= 4 is 13.4 Å². The van der Waals surface area contributed by atoms with Gasteiger partial charge in [-0.25, -0.2) is 0 Å². The van der Waals surface area contributed by atoms with Crippen LogP contribution in [0.5, 0.6) is 0 Å². The summed E-state index contributed by atoms with van der Waals surface area (Å²) < 4.78 is 21.2. The standard InChI is InChI=1S/C11H23O4P/c1-9(2)6-10(3)7-11(12)8-16(13,14-4)15-5/h9-10H,6-8H2,1-5H3. The highest BCUT2D eigenvalue weighted by Gasteiger charge is 2.26. The van der Waals surface area contributed by atoms with Crippen molar-refractivity contribution in [2.75, 3.05) is 20.4 Å². The molecule has 0 fully saturated rings. The summed E-state index contributed by atoms with van der Waals surface area (Å²) >= 11 is 0. The summed E-state index contributed by atoms with van der Waals surface area (Å²) in [5.41, 5.74) is 0. The highest BCUT2D eigenvalue weighted by Crippen LogP contribution is 2.46. The van der Waals surface area contributed by atoms with Crippen molar-refractivity contribution in [2.24, 2.45) is 11.8 Å². The van der Waals surface area contributed by atoms with Gasteiger partial charge >= 0.3 is 7.60 Å². The fraction of sp³-hybridized carbons (Fsp3) is 0.909. The van der Waals surface area contributed by atoms with Crippen LogP contribution in [0.1, 0.15) is 33.6 Å². The third-order valence-electron chi connectivity index (χ3n) is 2.38. The molecule has 0 spiro atoms. The second-order valence-electron chi connectivity index (χ2n) is 4.61. The molecule has 1 unspecified atom stereocenters. The van der Waals surface area contributed by atoms with Crippen molar-refractivity contribution in [3.8, 4) is 0 Å². The number of hydrogen-bond donors (Lipinski definition) is 0. The van der Waals surface area contributed by atoms with E-state index in [0.29, 0.717) is 18.3 Å². The molecule has 5 heteroatoms. The van der Waals surface area contributed by atoms with E-state index in [0.717, 1.165) is 6.42 Å². The molecule has 1 atom stereocenters. The van der Waals surface area contributed by atoms with Crippen molar-refractivity contribution in [2.45, 2.75) is 33.6 Å². The van der Waals surface area contributed by atoms with E-state index in [1.54, 1.807) is 0 Å². The first kappa shape index (κ1) is 15.8. The first-order chi connectivity index (χ1) is 7.33. The number of rotatable bonds is 8. The lowest BCUT2D eigenvalue weighted by molar-refractivity contribution is -0.117. The molecule has 0 saturated carbocycles. The Balaban J connectivity index is 4.13. The summed E-state index contributed by atoms with van der Waals surface area (Å²) in [7, 11) is -0.576.